The highest BCUT2D eigenvalue weighted by Gasteiger charge is 2.08. The quantitative estimate of drug-likeness (QED) is 0.564. The first-order valence-electron chi connectivity index (χ1n) is 8.28. The average Bonchev–Trinajstić information content (AvgIpc) is 3.05. The fraction of sp³-hybridized carbons (Fsp3) is 0.150. The van der Waals surface area contributed by atoms with E-state index < -0.39 is 0 Å². The Morgan fingerprint density at radius 3 is 2.80 bits per heavy atom. The molecule has 1 N–H and O–H groups in total. The van der Waals surface area contributed by atoms with Crippen molar-refractivity contribution in [1.82, 2.24) is 9.97 Å². The summed E-state index contributed by atoms with van der Waals surface area (Å²) in [5.74, 6) is 0.0254. The summed E-state index contributed by atoms with van der Waals surface area (Å²) in [6.45, 7) is 0. The van der Waals surface area contributed by atoms with Crippen LogP contribution in [-0.2, 0) is 11.2 Å². The lowest BCUT2D eigenvalue weighted by molar-refractivity contribution is -0.116. The third-order valence-electron chi connectivity index (χ3n) is 4.05. The monoisotopic (exact) mass is 347 g/mol. The maximum Gasteiger partial charge on any atom is 0.224 e. The summed E-state index contributed by atoms with van der Waals surface area (Å²) < 4.78 is 1.20. The van der Waals surface area contributed by atoms with Gasteiger partial charge in [-0.3, -0.25) is 9.78 Å². The number of nitrogens with zero attached hydrogens (tertiary/aromatic N) is 2. The minimum absolute atomic E-state index is 0.0254. The molecule has 4 nitrogen and oxygen atoms in total. The predicted octanol–water partition coefficient (Wildman–Crippen LogP) is 4.81. The highest BCUT2D eigenvalue weighted by Crippen LogP contribution is 2.24. The molecule has 4 rings (SSSR count). The first kappa shape index (κ1) is 15.7. The molecule has 124 valence electrons. The Hall–Kier alpha value is -2.79. The van der Waals surface area contributed by atoms with Crippen molar-refractivity contribution in [3.8, 4) is 0 Å². The molecule has 0 unspecified atom stereocenters. The number of benzene rings is 2. The number of carbonyl (C=O) groups is 1. The van der Waals surface area contributed by atoms with Gasteiger partial charge < -0.3 is 5.32 Å². The zero-order valence-electron chi connectivity index (χ0n) is 13.6. The Labute approximate surface area is 149 Å². The van der Waals surface area contributed by atoms with E-state index in [0.717, 1.165) is 40.0 Å². The Morgan fingerprint density at radius 1 is 1.00 bits per heavy atom. The van der Waals surface area contributed by atoms with Crippen LogP contribution in [0.15, 0.2) is 60.8 Å². The van der Waals surface area contributed by atoms with Crippen LogP contribution >= 0.6 is 11.3 Å². The van der Waals surface area contributed by atoms with Crippen LogP contribution in [0.1, 0.15) is 17.8 Å². The molecule has 0 saturated heterocycles. The molecule has 0 aliphatic rings. The number of rotatable bonds is 5. The van der Waals surface area contributed by atoms with Crippen LogP contribution in [0.2, 0.25) is 0 Å². The van der Waals surface area contributed by atoms with Gasteiger partial charge in [0.2, 0.25) is 5.91 Å². The number of amides is 1. The van der Waals surface area contributed by atoms with Crippen LogP contribution in [0.4, 0.5) is 5.69 Å². The number of hydrogen-bond acceptors (Lipinski definition) is 4. The Morgan fingerprint density at radius 2 is 1.88 bits per heavy atom. The van der Waals surface area contributed by atoms with Gasteiger partial charge in [0.25, 0.3) is 0 Å². The lowest BCUT2D eigenvalue weighted by Crippen LogP contribution is -2.11. The zero-order valence-corrected chi connectivity index (χ0v) is 14.4. The first-order chi connectivity index (χ1) is 12.3. The standard InChI is InChI=1S/C20H17N3OS/c24-19(22-16-9-3-8-15-14(16)6-5-13-21-15)11-4-12-20-23-17-7-1-2-10-18(17)25-20/h1-3,5-10,13H,4,11-12H2,(H,22,24). The average molecular weight is 347 g/mol. The molecule has 2 heterocycles. The molecule has 0 radical (unpaired) electrons. The van der Waals surface area contributed by atoms with Crippen molar-refractivity contribution in [2.24, 2.45) is 0 Å². The Balaban J connectivity index is 1.37. The number of carbonyl (C=O) groups excluding carboxylic acids is 1. The van der Waals surface area contributed by atoms with E-state index in [9.17, 15) is 4.79 Å². The molecule has 4 aromatic rings. The highest BCUT2D eigenvalue weighted by atomic mass is 32.1. The van der Waals surface area contributed by atoms with E-state index in [1.807, 2.05) is 48.5 Å². The van der Waals surface area contributed by atoms with Gasteiger partial charge in [0.05, 0.1) is 26.4 Å². The van der Waals surface area contributed by atoms with Crippen molar-refractivity contribution in [2.45, 2.75) is 19.3 Å². The van der Waals surface area contributed by atoms with Crippen molar-refractivity contribution in [3.63, 3.8) is 0 Å². The Kier molecular flexibility index (Phi) is 4.39. The van der Waals surface area contributed by atoms with Gasteiger partial charge in [-0.05, 0) is 49.2 Å². The largest absolute Gasteiger partial charge is 0.325 e. The molecule has 2 aromatic heterocycles. The summed E-state index contributed by atoms with van der Waals surface area (Å²) in [6, 6.07) is 17.7. The summed E-state index contributed by atoms with van der Waals surface area (Å²) in [5.41, 5.74) is 2.74. The summed E-state index contributed by atoms with van der Waals surface area (Å²) in [5, 5.41) is 5.05. The number of nitrogens with one attached hydrogen (secondary N) is 1. The van der Waals surface area contributed by atoms with Crippen LogP contribution in [-0.4, -0.2) is 15.9 Å². The summed E-state index contributed by atoms with van der Waals surface area (Å²) in [4.78, 5) is 21.2. The fourth-order valence-electron chi connectivity index (χ4n) is 2.85. The minimum atomic E-state index is 0.0254. The number of pyridine rings is 1. The molecule has 0 aliphatic heterocycles. The molecule has 1 amide bonds. The minimum Gasteiger partial charge on any atom is -0.325 e. The van der Waals surface area contributed by atoms with Gasteiger partial charge in [0.1, 0.15) is 0 Å². The lowest BCUT2D eigenvalue weighted by atomic mass is 10.1. The maximum atomic E-state index is 12.3. The lowest BCUT2D eigenvalue weighted by Gasteiger charge is -2.08. The molecular formula is C20H17N3OS. The fourth-order valence-corrected chi connectivity index (χ4v) is 3.86. The SMILES string of the molecule is O=C(CCCc1nc2ccccc2s1)Nc1cccc2ncccc12. The molecule has 0 saturated carbocycles. The smallest absolute Gasteiger partial charge is 0.224 e. The van der Waals surface area contributed by atoms with Crippen molar-refractivity contribution in [1.29, 1.82) is 0 Å². The number of fused-ring (bicyclic) bond motifs is 2. The molecule has 0 atom stereocenters. The Bertz CT molecular complexity index is 1000. The van der Waals surface area contributed by atoms with E-state index in [0.29, 0.717) is 6.42 Å². The zero-order chi connectivity index (χ0) is 17.1. The summed E-state index contributed by atoms with van der Waals surface area (Å²) in [7, 11) is 0. The van der Waals surface area contributed by atoms with E-state index in [4.69, 9.17) is 0 Å². The number of hydrogen-bond donors (Lipinski definition) is 1. The molecule has 5 heteroatoms. The van der Waals surface area contributed by atoms with E-state index in [-0.39, 0.29) is 5.91 Å². The van der Waals surface area contributed by atoms with Crippen LogP contribution in [0.5, 0.6) is 0 Å². The van der Waals surface area contributed by atoms with Crippen LogP contribution < -0.4 is 5.32 Å². The second-order valence-corrected chi connectivity index (χ2v) is 6.97. The van der Waals surface area contributed by atoms with Crippen LogP contribution in [0.3, 0.4) is 0 Å². The first-order valence-corrected chi connectivity index (χ1v) is 9.09. The van der Waals surface area contributed by atoms with Gasteiger partial charge >= 0.3 is 0 Å². The van der Waals surface area contributed by atoms with E-state index in [1.54, 1.807) is 17.5 Å². The third-order valence-corrected chi connectivity index (χ3v) is 5.15. The number of anilines is 1. The second kappa shape index (κ2) is 6.99. The predicted molar refractivity (Wildman–Crippen MR) is 103 cm³/mol. The number of para-hydroxylation sites is 1. The molecule has 25 heavy (non-hydrogen) atoms. The number of aromatic nitrogens is 2. The topological polar surface area (TPSA) is 54.9 Å². The molecular weight excluding hydrogens is 330 g/mol. The van der Waals surface area contributed by atoms with Gasteiger partial charge in [-0.25, -0.2) is 4.98 Å². The third kappa shape index (κ3) is 3.51. The van der Waals surface area contributed by atoms with Gasteiger partial charge in [-0.1, -0.05) is 18.2 Å². The molecule has 2 aromatic carbocycles. The maximum absolute atomic E-state index is 12.3. The van der Waals surface area contributed by atoms with Gasteiger partial charge in [-0.2, -0.15) is 0 Å². The normalized spacial score (nSPS) is 11.0. The van der Waals surface area contributed by atoms with E-state index in [1.165, 1.54) is 4.70 Å². The highest BCUT2D eigenvalue weighted by molar-refractivity contribution is 7.18. The van der Waals surface area contributed by atoms with Crippen LogP contribution in [0, 0.1) is 0 Å². The van der Waals surface area contributed by atoms with Crippen molar-refractivity contribution in [3.05, 3.63) is 65.8 Å². The molecule has 0 spiro atoms. The van der Waals surface area contributed by atoms with Gasteiger partial charge in [-0.15, -0.1) is 11.3 Å². The number of aryl methyl sites for hydroxylation is 1. The summed E-state index contributed by atoms with van der Waals surface area (Å²) in [6.07, 6.45) is 3.84. The second-order valence-electron chi connectivity index (χ2n) is 5.85. The molecule has 0 fully saturated rings. The molecule has 0 aliphatic carbocycles. The van der Waals surface area contributed by atoms with Crippen molar-refractivity contribution >= 4 is 44.1 Å². The van der Waals surface area contributed by atoms with Gasteiger partial charge in [0.15, 0.2) is 0 Å². The van der Waals surface area contributed by atoms with E-state index >= 15 is 0 Å². The molecule has 0 bridgehead atoms. The van der Waals surface area contributed by atoms with Crippen LogP contribution in [0.25, 0.3) is 21.1 Å². The summed E-state index contributed by atoms with van der Waals surface area (Å²) >= 11 is 1.70. The van der Waals surface area contributed by atoms with Gasteiger partial charge in [0, 0.05) is 18.0 Å². The number of thiazole rings is 1. The van der Waals surface area contributed by atoms with Crippen molar-refractivity contribution in [2.75, 3.05) is 5.32 Å². The van der Waals surface area contributed by atoms with Crippen molar-refractivity contribution < 1.29 is 4.79 Å². The van der Waals surface area contributed by atoms with E-state index in [2.05, 4.69) is 21.4 Å².